The SMILES string of the molecule is CS(=O)(=O)N[C@@H](Cc1ccc(Cl)cc1)C(=O)N1CCC(Cc2nc[nH]n2)(C2CCCCC2)CC1. The molecule has 10 heteroatoms. The van der Waals surface area contributed by atoms with Crippen LogP contribution in [0.25, 0.3) is 0 Å². The van der Waals surface area contributed by atoms with Gasteiger partial charge in [-0.15, -0.1) is 0 Å². The van der Waals surface area contributed by atoms with Crippen molar-refractivity contribution in [2.75, 3.05) is 19.3 Å². The lowest BCUT2D eigenvalue weighted by Crippen LogP contribution is -2.54. The second-order valence-corrected chi connectivity index (χ2v) is 12.1. The Hall–Kier alpha value is -1.97. The van der Waals surface area contributed by atoms with Crippen LogP contribution in [0, 0.1) is 11.3 Å². The maximum absolute atomic E-state index is 13.5. The van der Waals surface area contributed by atoms with Crippen molar-refractivity contribution in [2.24, 2.45) is 11.3 Å². The van der Waals surface area contributed by atoms with Gasteiger partial charge in [0, 0.05) is 24.5 Å². The first-order valence-corrected chi connectivity index (χ1v) is 14.4. The van der Waals surface area contributed by atoms with Crippen LogP contribution in [0.15, 0.2) is 30.6 Å². The zero-order chi connectivity index (χ0) is 24.2. The molecule has 2 fully saturated rings. The first kappa shape index (κ1) is 25.1. The lowest BCUT2D eigenvalue weighted by molar-refractivity contribution is -0.136. The average Bonchev–Trinajstić information content (AvgIpc) is 3.33. The van der Waals surface area contributed by atoms with Crippen LogP contribution in [0.5, 0.6) is 0 Å². The molecule has 0 unspecified atom stereocenters. The lowest BCUT2D eigenvalue weighted by Gasteiger charge is -2.48. The summed E-state index contributed by atoms with van der Waals surface area (Å²) in [4.78, 5) is 19.7. The number of nitrogens with zero attached hydrogens (tertiary/aromatic N) is 3. The van der Waals surface area contributed by atoms with Crippen molar-refractivity contribution in [1.82, 2.24) is 24.8 Å². The van der Waals surface area contributed by atoms with Crippen LogP contribution in [0.2, 0.25) is 5.02 Å². The molecule has 1 atom stereocenters. The van der Waals surface area contributed by atoms with Crippen LogP contribution in [-0.4, -0.2) is 59.8 Å². The summed E-state index contributed by atoms with van der Waals surface area (Å²) in [5.41, 5.74) is 0.937. The van der Waals surface area contributed by atoms with E-state index in [0.717, 1.165) is 36.9 Å². The molecule has 0 bridgehead atoms. The average molecular weight is 508 g/mol. The van der Waals surface area contributed by atoms with Gasteiger partial charge in [-0.05, 0) is 61.1 Å². The summed E-state index contributed by atoms with van der Waals surface area (Å²) in [7, 11) is -3.55. The first-order valence-electron chi connectivity index (χ1n) is 12.1. The fraction of sp³-hybridized carbons (Fsp3) is 0.625. The predicted molar refractivity (Wildman–Crippen MR) is 132 cm³/mol. The van der Waals surface area contributed by atoms with Gasteiger partial charge in [0.05, 0.1) is 6.26 Å². The highest BCUT2D eigenvalue weighted by atomic mass is 35.5. The zero-order valence-corrected chi connectivity index (χ0v) is 21.2. The van der Waals surface area contributed by atoms with Crippen molar-refractivity contribution in [3.05, 3.63) is 47.0 Å². The summed E-state index contributed by atoms with van der Waals surface area (Å²) >= 11 is 5.98. The molecule has 1 aliphatic carbocycles. The summed E-state index contributed by atoms with van der Waals surface area (Å²) in [5, 5.41) is 7.75. The number of piperidine rings is 1. The topological polar surface area (TPSA) is 108 Å². The number of amides is 1. The van der Waals surface area contributed by atoms with Crippen LogP contribution < -0.4 is 4.72 Å². The van der Waals surface area contributed by atoms with Crippen LogP contribution >= 0.6 is 11.6 Å². The van der Waals surface area contributed by atoms with Crippen LogP contribution in [0.3, 0.4) is 0 Å². The van der Waals surface area contributed by atoms with E-state index in [1.54, 1.807) is 18.5 Å². The van der Waals surface area contributed by atoms with Gasteiger partial charge in [0.2, 0.25) is 15.9 Å². The quantitative estimate of drug-likeness (QED) is 0.569. The number of rotatable bonds is 8. The molecule has 34 heavy (non-hydrogen) atoms. The van der Waals surface area contributed by atoms with E-state index in [1.165, 1.54) is 32.1 Å². The number of likely N-dealkylation sites (tertiary alicyclic amines) is 1. The molecule has 2 aliphatic rings. The summed E-state index contributed by atoms with van der Waals surface area (Å²) in [6.45, 7) is 1.23. The smallest absolute Gasteiger partial charge is 0.241 e. The Morgan fingerprint density at radius 1 is 1.21 bits per heavy atom. The van der Waals surface area contributed by atoms with Crippen LogP contribution in [0.4, 0.5) is 0 Å². The van der Waals surface area contributed by atoms with E-state index in [4.69, 9.17) is 11.6 Å². The molecule has 1 aliphatic heterocycles. The number of benzene rings is 1. The van der Waals surface area contributed by atoms with Gasteiger partial charge in [0.1, 0.15) is 12.4 Å². The van der Waals surface area contributed by atoms with Gasteiger partial charge in [-0.25, -0.2) is 18.1 Å². The highest BCUT2D eigenvalue weighted by molar-refractivity contribution is 7.88. The van der Waals surface area contributed by atoms with Crippen LogP contribution in [-0.2, 0) is 27.7 Å². The second kappa shape index (κ2) is 10.7. The summed E-state index contributed by atoms with van der Waals surface area (Å²) in [6.07, 6.45) is 11.8. The van der Waals surface area contributed by atoms with E-state index in [0.29, 0.717) is 24.0 Å². The minimum atomic E-state index is -3.55. The first-order chi connectivity index (χ1) is 16.2. The van der Waals surface area contributed by atoms with Crippen molar-refractivity contribution in [3.8, 4) is 0 Å². The van der Waals surface area contributed by atoms with Gasteiger partial charge in [0.15, 0.2) is 5.82 Å². The monoisotopic (exact) mass is 507 g/mol. The molecule has 2 heterocycles. The van der Waals surface area contributed by atoms with Crippen LogP contribution in [0.1, 0.15) is 56.3 Å². The van der Waals surface area contributed by atoms with Crippen molar-refractivity contribution in [2.45, 2.75) is 63.8 Å². The van der Waals surface area contributed by atoms with E-state index in [1.807, 2.05) is 17.0 Å². The van der Waals surface area contributed by atoms with Crippen molar-refractivity contribution >= 4 is 27.5 Å². The lowest BCUT2D eigenvalue weighted by atomic mass is 9.62. The maximum Gasteiger partial charge on any atom is 0.241 e. The Bertz CT molecular complexity index is 1040. The second-order valence-electron chi connectivity index (χ2n) is 9.89. The van der Waals surface area contributed by atoms with Crippen molar-refractivity contribution < 1.29 is 13.2 Å². The third-order valence-electron chi connectivity index (χ3n) is 7.52. The number of hydrogen-bond acceptors (Lipinski definition) is 5. The minimum absolute atomic E-state index is 0.0787. The molecule has 0 radical (unpaired) electrons. The number of halogens is 1. The summed E-state index contributed by atoms with van der Waals surface area (Å²) < 4.78 is 26.6. The normalized spacial score (nSPS) is 20.2. The fourth-order valence-electron chi connectivity index (χ4n) is 5.77. The zero-order valence-electron chi connectivity index (χ0n) is 19.7. The van der Waals surface area contributed by atoms with Gasteiger partial charge < -0.3 is 4.90 Å². The Morgan fingerprint density at radius 2 is 1.88 bits per heavy atom. The number of hydrogen-bond donors (Lipinski definition) is 2. The van der Waals surface area contributed by atoms with Crippen molar-refractivity contribution in [3.63, 3.8) is 0 Å². The predicted octanol–water partition coefficient (Wildman–Crippen LogP) is 3.35. The summed E-state index contributed by atoms with van der Waals surface area (Å²) in [5.74, 6) is 1.27. The minimum Gasteiger partial charge on any atom is -0.341 e. The summed E-state index contributed by atoms with van der Waals surface area (Å²) in [6, 6.07) is 6.32. The number of H-pyrrole nitrogens is 1. The van der Waals surface area contributed by atoms with Gasteiger partial charge in [-0.2, -0.15) is 5.10 Å². The number of carbonyl (C=O) groups excluding carboxylic acids is 1. The number of aromatic amines is 1. The third kappa shape index (κ3) is 6.37. The van der Waals surface area contributed by atoms with E-state index in [9.17, 15) is 13.2 Å². The highest BCUT2D eigenvalue weighted by Gasteiger charge is 2.44. The number of nitrogens with one attached hydrogen (secondary N) is 2. The molecule has 186 valence electrons. The Labute approximate surface area is 206 Å². The molecule has 1 amide bonds. The van der Waals surface area contributed by atoms with Gasteiger partial charge in [-0.3, -0.25) is 9.89 Å². The maximum atomic E-state index is 13.5. The Balaban J connectivity index is 1.48. The molecule has 2 aromatic rings. The molecule has 1 aromatic carbocycles. The molecule has 1 saturated carbocycles. The Morgan fingerprint density at radius 3 is 2.47 bits per heavy atom. The van der Waals surface area contributed by atoms with Crippen molar-refractivity contribution in [1.29, 1.82) is 0 Å². The number of aromatic nitrogens is 3. The molecule has 8 nitrogen and oxygen atoms in total. The van der Waals surface area contributed by atoms with E-state index < -0.39 is 16.1 Å². The van der Waals surface area contributed by atoms with Gasteiger partial charge >= 0.3 is 0 Å². The molecule has 1 saturated heterocycles. The van der Waals surface area contributed by atoms with E-state index >= 15 is 0 Å². The largest absolute Gasteiger partial charge is 0.341 e. The number of sulfonamides is 1. The number of carbonyl (C=O) groups is 1. The standard InChI is InChI=1S/C24H34ClN5O3S/c1-34(32,33)29-21(15-18-7-9-20(25)10-8-18)23(31)30-13-11-24(12-14-30,16-22-26-17-27-28-22)19-5-3-2-4-6-19/h7-10,17,19,21,29H,2-6,11-16H2,1H3,(H,26,27,28)/t21-/m0/s1. The molecule has 2 N–H and O–H groups in total. The molecular formula is C24H34ClN5O3S. The third-order valence-corrected chi connectivity index (χ3v) is 8.49. The molecule has 1 aromatic heterocycles. The molecule has 0 spiro atoms. The van der Waals surface area contributed by atoms with E-state index in [2.05, 4.69) is 19.9 Å². The van der Waals surface area contributed by atoms with E-state index in [-0.39, 0.29) is 17.7 Å². The molecule has 4 rings (SSSR count). The highest BCUT2D eigenvalue weighted by Crippen LogP contribution is 2.47. The van der Waals surface area contributed by atoms with Gasteiger partial charge in [0.25, 0.3) is 0 Å². The Kier molecular flexibility index (Phi) is 7.94. The fourth-order valence-corrected chi connectivity index (χ4v) is 6.59. The molecular weight excluding hydrogens is 474 g/mol. The van der Waals surface area contributed by atoms with Gasteiger partial charge in [-0.1, -0.05) is 43.0 Å².